The van der Waals surface area contributed by atoms with Gasteiger partial charge in [-0.1, -0.05) is 12.8 Å². The first-order valence-electron chi connectivity index (χ1n) is 7.40. The van der Waals surface area contributed by atoms with Crippen molar-refractivity contribution in [2.24, 2.45) is 7.05 Å². The van der Waals surface area contributed by atoms with E-state index in [-0.39, 0.29) is 0 Å². The van der Waals surface area contributed by atoms with Crippen LogP contribution in [0.1, 0.15) is 50.4 Å². The molecule has 0 bridgehead atoms. The minimum atomic E-state index is 0.294. The van der Waals surface area contributed by atoms with Crippen LogP contribution in [-0.4, -0.2) is 33.1 Å². The van der Waals surface area contributed by atoms with Gasteiger partial charge in [0.1, 0.15) is 5.78 Å². The highest BCUT2D eigenvalue weighted by molar-refractivity contribution is 9.10. The number of halogens is 1. The zero-order valence-electron chi connectivity index (χ0n) is 12.7. The Morgan fingerprint density at radius 1 is 1.40 bits per heavy atom. The fourth-order valence-electron chi connectivity index (χ4n) is 3.05. The Morgan fingerprint density at radius 3 is 2.75 bits per heavy atom. The SMILES string of the molecule is CC(=O)CC1CCCCCN1Cc1c(Br)c(C)nn1C. The first kappa shape index (κ1) is 15.7. The van der Waals surface area contributed by atoms with Gasteiger partial charge in [-0.15, -0.1) is 0 Å². The molecule has 112 valence electrons. The van der Waals surface area contributed by atoms with Crippen LogP contribution in [0.25, 0.3) is 0 Å². The van der Waals surface area contributed by atoms with Gasteiger partial charge in [0.05, 0.1) is 15.9 Å². The molecule has 5 heteroatoms. The number of rotatable bonds is 4. The average molecular weight is 342 g/mol. The summed E-state index contributed by atoms with van der Waals surface area (Å²) >= 11 is 3.64. The van der Waals surface area contributed by atoms with Crippen molar-refractivity contribution in [2.45, 2.75) is 58.5 Å². The second kappa shape index (κ2) is 6.85. The quantitative estimate of drug-likeness (QED) is 0.843. The zero-order chi connectivity index (χ0) is 14.7. The summed E-state index contributed by atoms with van der Waals surface area (Å²) in [6.45, 7) is 5.67. The first-order chi connectivity index (χ1) is 9.49. The van der Waals surface area contributed by atoms with Crippen molar-refractivity contribution in [3.05, 3.63) is 15.9 Å². The number of Topliss-reactive ketones (excluding diaryl/α,β-unsaturated/α-hetero) is 1. The summed E-state index contributed by atoms with van der Waals surface area (Å²) in [5, 5.41) is 4.46. The third-order valence-electron chi connectivity index (χ3n) is 4.14. The maximum atomic E-state index is 11.5. The molecule has 1 unspecified atom stereocenters. The highest BCUT2D eigenvalue weighted by atomic mass is 79.9. The van der Waals surface area contributed by atoms with Crippen LogP contribution in [0.15, 0.2) is 4.47 Å². The topological polar surface area (TPSA) is 38.1 Å². The lowest BCUT2D eigenvalue weighted by Crippen LogP contribution is -2.36. The molecule has 2 rings (SSSR count). The summed E-state index contributed by atoms with van der Waals surface area (Å²) in [6, 6.07) is 0.386. The number of aromatic nitrogens is 2. The molecule has 2 heterocycles. The Bertz CT molecular complexity index is 484. The molecule has 0 amide bonds. The summed E-state index contributed by atoms with van der Waals surface area (Å²) < 4.78 is 3.06. The maximum Gasteiger partial charge on any atom is 0.131 e. The molecule has 1 fully saturated rings. The molecule has 1 aromatic heterocycles. The van der Waals surface area contributed by atoms with Crippen molar-refractivity contribution in [1.29, 1.82) is 0 Å². The van der Waals surface area contributed by atoms with E-state index in [1.165, 1.54) is 25.0 Å². The molecule has 0 aliphatic carbocycles. The second-order valence-corrected chi connectivity index (χ2v) is 6.64. The molecule has 0 radical (unpaired) electrons. The van der Waals surface area contributed by atoms with Crippen LogP contribution < -0.4 is 0 Å². The minimum absolute atomic E-state index is 0.294. The van der Waals surface area contributed by atoms with Gasteiger partial charge in [-0.25, -0.2) is 0 Å². The largest absolute Gasteiger partial charge is 0.300 e. The molecule has 20 heavy (non-hydrogen) atoms. The van der Waals surface area contributed by atoms with E-state index in [0.717, 1.165) is 29.7 Å². The third kappa shape index (κ3) is 3.70. The zero-order valence-corrected chi connectivity index (χ0v) is 14.2. The first-order valence-corrected chi connectivity index (χ1v) is 8.19. The van der Waals surface area contributed by atoms with Crippen LogP contribution in [0.5, 0.6) is 0 Å². The Balaban J connectivity index is 2.16. The lowest BCUT2D eigenvalue weighted by Gasteiger charge is -2.29. The molecule has 1 aromatic rings. The smallest absolute Gasteiger partial charge is 0.131 e. The standard InChI is InChI=1S/C15H24BrN3O/c1-11(20)9-13-7-5-4-6-8-19(13)10-14-15(16)12(2)17-18(14)3/h13H,4-10H2,1-3H3. The molecule has 0 spiro atoms. The monoisotopic (exact) mass is 341 g/mol. The van der Waals surface area contributed by atoms with E-state index >= 15 is 0 Å². The van der Waals surface area contributed by atoms with E-state index in [1.54, 1.807) is 6.92 Å². The third-order valence-corrected chi connectivity index (χ3v) is 5.17. The number of hydrogen-bond acceptors (Lipinski definition) is 3. The number of ketones is 1. The summed E-state index contributed by atoms with van der Waals surface area (Å²) in [5.74, 6) is 0.294. The number of hydrogen-bond donors (Lipinski definition) is 0. The van der Waals surface area contributed by atoms with Crippen molar-refractivity contribution in [2.75, 3.05) is 6.54 Å². The summed E-state index contributed by atoms with van der Waals surface area (Å²) in [6.07, 6.45) is 5.54. The van der Waals surface area contributed by atoms with Crippen molar-refractivity contribution in [3.8, 4) is 0 Å². The van der Waals surface area contributed by atoms with Crippen LogP contribution >= 0.6 is 15.9 Å². The van der Waals surface area contributed by atoms with Gasteiger partial charge in [-0.2, -0.15) is 5.10 Å². The van der Waals surface area contributed by atoms with Gasteiger partial charge in [0, 0.05) is 26.1 Å². The second-order valence-electron chi connectivity index (χ2n) is 5.85. The Hall–Kier alpha value is -0.680. The summed E-state index contributed by atoms with van der Waals surface area (Å²) in [5.41, 5.74) is 2.23. The summed E-state index contributed by atoms with van der Waals surface area (Å²) in [4.78, 5) is 14.0. The van der Waals surface area contributed by atoms with Gasteiger partial charge in [0.2, 0.25) is 0 Å². The Labute approximate surface area is 129 Å². The van der Waals surface area contributed by atoms with E-state index in [1.807, 2.05) is 18.7 Å². The average Bonchev–Trinajstić information content (AvgIpc) is 2.56. The molecule has 1 saturated heterocycles. The molecule has 0 saturated carbocycles. The van der Waals surface area contributed by atoms with Crippen molar-refractivity contribution in [1.82, 2.24) is 14.7 Å². The van der Waals surface area contributed by atoms with Gasteiger partial charge >= 0.3 is 0 Å². The lowest BCUT2D eigenvalue weighted by molar-refractivity contribution is -0.118. The highest BCUT2D eigenvalue weighted by Crippen LogP contribution is 2.26. The van der Waals surface area contributed by atoms with E-state index in [9.17, 15) is 4.79 Å². The maximum absolute atomic E-state index is 11.5. The summed E-state index contributed by atoms with van der Waals surface area (Å²) in [7, 11) is 1.99. The van der Waals surface area contributed by atoms with Crippen LogP contribution in [0.4, 0.5) is 0 Å². The molecule has 0 aromatic carbocycles. The fraction of sp³-hybridized carbons (Fsp3) is 0.733. The van der Waals surface area contributed by atoms with Crippen LogP contribution in [-0.2, 0) is 18.4 Å². The number of nitrogens with zero attached hydrogens (tertiary/aromatic N) is 3. The number of carbonyl (C=O) groups excluding carboxylic acids is 1. The molecule has 1 aliphatic rings. The van der Waals surface area contributed by atoms with E-state index in [2.05, 4.69) is 25.9 Å². The molecule has 4 nitrogen and oxygen atoms in total. The molecule has 0 N–H and O–H groups in total. The fourth-order valence-corrected chi connectivity index (χ4v) is 3.51. The predicted octanol–water partition coefficient (Wildman–Crippen LogP) is 3.21. The van der Waals surface area contributed by atoms with Crippen molar-refractivity contribution < 1.29 is 4.79 Å². The molecule has 1 atom stereocenters. The molecular formula is C15H24BrN3O. The van der Waals surface area contributed by atoms with Crippen LogP contribution in [0, 0.1) is 6.92 Å². The molecular weight excluding hydrogens is 318 g/mol. The Morgan fingerprint density at radius 2 is 2.15 bits per heavy atom. The van der Waals surface area contributed by atoms with Gasteiger partial charge in [0.25, 0.3) is 0 Å². The molecule has 1 aliphatic heterocycles. The van der Waals surface area contributed by atoms with Crippen molar-refractivity contribution >= 4 is 21.7 Å². The van der Waals surface area contributed by atoms with Gasteiger partial charge in [-0.3, -0.25) is 14.4 Å². The normalized spacial score (nSPS) is 20.9. The van der Waals surface area contributed by atoms with E-state index < -0.39 is 0 Å². The number of carbonyl (C=O) groups is 1. The highest BCUT2D eigenvalue weighted by Gasteiger charge is 2.24. The number of likely N-dealkylation sites (tertiary alicyclic amines) is 1. The van der Waals surface area contributed by atoms with Gasteiger partial charge in [0.15, 0.2) is 0 Å². The predicted molar refractivity (Wildman–Crippen MR) is 83.6 cm³/mol. The Kier molecular flexibility index (Phi) is 5.38. The van der Waals surface area contributed by atoms with E-state index in [4.69, 9.17) is 0 Å². The van der Waals surface area contributed by atoms with E-state index in [0.29, 0.717) is 18.2 Å². The number of aryl methyl sites for hydroxylation is 2. The lowest BCUT2D eigenvalue weighted by atomic mass is 10.0. The van der Waals surface area contributed by atoms with Gasteiger partial charge in [-0.05, 0) is 49.2 Å². The van der Waals surface area contributed by atoms with Gasteiger partial charge < -0.3 is 0 Å². The van der Waals surface area contributed by atoms with Crippen molar-refractivity contribution in [3.63, 3.8) is 0 Å². The minimum Gasteiger partial charge on any atom is -0.300 e. The van der Waals surface area contributed by atoms with Crippen LogP contribution in [0.2, 0.25) is 0 Å². The van der Waals surface area contributed by atoms with Crippen LogP contribution in [0.3, 0.4) is 0 Å².